The third-order valence-corrected chi connectivity index (χ3v) is 13.8. The Morgan fingerprint density at radius 2 is 1.66 bits per heavy atom. The molecule has 0 saturated heterocycles. The minimum absolute atomic E-state index is 0.00465. The number of nitrogens with zero attached hydrogens (tertiary/aromatic N) is 3. The average molecular weight is 936 g/mol. The lowest BCUT2D eigenvalue weighted by atomic mass is 9.55. The lowest BCUT2D eigenvalue weighted by Crippen LogP contribution is -2.70. The number of aliphatic hydroxyl groups is 2. The lowest BCUT2D eigenvalue weighted by molar-refractivity contribution is -0.384. The van der Waals surface area contributed by atoms with Crippen molar-refractivity contribution in [3.63, 3.8) is 0 Å². The van der Waals surface area contributed by atoms with E-state index >= 15 is 0 Å². The Bertz CT molecular complexity index is 2450. The summed E-state index contributed by atoms with van der Waals surface area (Å²) in [6, 6.07) is 24.5. The van der Waals surface area contributed by atoms with Gasteiger partial charge in [0.05, 0.1) is 30.3 Å². The number of amides is 1. The van der Waals surface area contributed by atoms with Crippen molar-refractivity contribution in [3.05, 3.63) is 136 Å². The number of unbranched alkanes of at least 4 members (excludes halogenated alkanes) is 2. The third kappa shape index (κ3) is 10.3. The predicted octanol–water partition coefficient (Wildman–Crippen LogP) is 9.94. The number of methoxy groups -OCH3 is 1. The molecule has 1 amide bonds. The van der Waals surface area contributed by atoms with Crippen LogP contribution in [0.15, 0.2) is 119 Å². The van der Waals surface area contributed by atoms with Gasteiger partial charge in [-0.3, -0.25) is 15.0 Å². The molecule has 15 nitrogen and oxygen atoms in total. The molecule has 4 aromatic carbocycles. The molecule has 8 rings (SSSR count). The van der Waals surface area contributed by atoms with Gasteiger partial charge in [-0.2, -0.15) is 0 Å². The zero-order chi connectivity index (χ0) is 46.9. The van der Waals surface area contributed by atoms with Gasteiger partial charge in [0.2, 0.25) is 12.6 Å². The van der Waals surface area contributed by atoms with Crippen LogP contribution in [0.25, 0.3) is 0 Å². The fourth-order valence-electron chi connectivity index (χ4n) is 10.0. The highest BCUT2D eigenvalue weighted by molar-refractivity contribution is 7.98. The highest BCUT2D eigenvalue weighted by atomic mass is 32.2. The van der Waals surface area contributed by atoms with E-state index in [9.17, 15) is 25.1 Å². The van der Waals surface area contributed by atoms with E-state index in [1.54, 1.807) is 34.9 Å². The highest BCUT2D eigenvalue weighted by Gasteiger charge is 2.65. The molecule has 2 heterocycles. The van der Waals surface area contributed by atoms with Crippen LogP contribution in [0.3, 0.4) is 0 Å². The quantitative estimate of drug-likeness (QED) is 0.0265. The first kappa shape index (κ1) is 47.4. The first-order chi connectivity index (χ1) is 32.7. The summed E-state index contributed by atoms with van der Waals surface area (Å²) in [7, 11) is 1.34. The fraction of sp³-hybridized carbons (Fsp3) is 0.412. The van der Waals surface area contributed by atoms with Crippen molar-refractivity contribution in [2.75, 3.05) is 40.0 Å². The number of hydrogen-bond acceptors (Lipinski definition) is 14. The zero-order valence-corrected chi connectivity index (χ0v) is 38.6. The number of hydrogen-bond donors (Lipinski definition) is 2. The number of thioether (sulfide) groups is 1. The van der Waals surface area contributed by atoms with E-state index in [-0.39, 0.29) is 69.6 Å². The monoisotopic (exact) mass is 935 g/mol. The van der Waals surface area contributed by atoms with Gasteiger partial charge in [0.15, 0.2) is 11.5 Å². The lowest BCUT2D eigenvalue weighted by Gasteiger charge is -2.59. The second-order valence-electron chi connectivity index (χ2n) is 17.0. The Hall–Kier alpha value is -6.07. The summed E-state index contributed by atoms with van der Waals surface area (Å²) in [5, 5.41) is 36.3. The van der Waals surface area contributed by atoms with Crippen molar-refractivity contribution in [1.29, 1.82) is 0 Å². The van der Waals surface area contributed by atoms with Crippen LogP contribution in [-0.4, -0.2) is 83.6 Å². The minimum atomic E-state index is -1.54. The molecule has 2 aliphatic heterocycles. The Morgan fingerprint density at radius 3 is 2.37 bits per heavy atom. The molecule has 1 fully saturated rings. The standard InChI is InChI=1S/C51H57N3O12S/c1-4-25-63-51-47(53(50(57)60-2)30-34-13-21-45-46(26-34)62-32-61-45)29-43(52-64-31-33-11-14-36(15-12-33)54(58)59)41-27-35(9-5-7-23-55)40(10-6-8-24-56)48(49(41)51)42-28-38(18-22-44(42)66-51)65-37-16-19-39(67-3)20-17-37/h4,11-22,26-28,35,40,47-49,55-56H,1,5-10,23-25,29-32H2,2-3H3/t35-,40+,47-,48+,49+,51+/m0/s1. The first-order valence-electron chi connectivity index (χ1n) is 22.7. The van der Waals surface area contributed by atoms with Crippen molar-refractivity contribution in [2.24, 2.45) is 22.9 Å². The van der Waals surface area contributed by atoms with E-state index in [1.165, 1.54) is 19.2 Å². The summed E-state index contributed by atoms with van der Waals surface area (Å²) < 4.78 is 37.9. The molecule has 0 unspecified atom stereocenters. The van der Waals surface area contributed by atoms with E-state index in [0.717, 1.165) is 47.3 Å². The van der Waals surface area contributed by atoms with Gasteiger partial charge in [0, 0.05) is 54.7 Å². The van der Waals surface area contributed by atoms with Gasteiger partial charge in [-0.25, -0.2) is 4.79 Å². The minimum Gasteiger partial charge on any atom is -0.459 e. The highest BCUT2D eigenvalue weighted by Crippen LogP contribution is 2.62. The molecule has 16 heteroatoms. The number of aliphatic hydroxyl groups excluding tert-OH is 2. The summed E-state index contributed by atoms with van der Waals surface area (Å²) in [4.78, 5) is 34.3. The summed E-state index contributed by atoms with van der Waals surface area (Å²) in [5.74, 6) is 0.570. The number of non-ortho nitro benzene ring substituents is 1. The number of allylic oxidation sites excluding steroid dienone is 1. The maximum absolute atomic E-state index is 14.4. The van der Waals surface area contributed by atoms with E-state index < -0.39 is 28.8 Å². The third-order valence-electron chi connectivity index (χ3n) is 13.1. The molecule has 1 saturated carbocycles. The molecule has 0 spiro atoms. The van der Waals surface area contributed by atoms with Crippen LogP contribution in [0.1, 0.15) is 67.6 Å². The van der Waals surface area contributed by atoms with Gasteiger partial charge >= 0.3 is 6.09 Å². The van der Waals surface area contributed by atoms with Crippen LogP contribution in [0.4, 0.5) is 10.5 Å². The predicted molar refractivity (Wildman–Crippen MR) is 252 cm³/mol. The van der Waals surface area contributed by atoms with Gasteiger partial charge < -0.3 is 43.5 Å². The first-order valence-corrected chi connectivity index (χ1v) is 23.9. The van der Waals surface area contributed by atoms with Crippen molar-refractivity contribution >= 4 is 29.3 Å². The van der Waals surface area contributed by atoms with Gasteiger partial charge in [-0.15, -0.1) is 18.3 Å². The molecule has 67 heavy (non-hydrogen) atoms. The molecule has 4 aromatic rings. The van der Waals surface area contributed by atoms with Crippen LogP contribution >= 0.6 is 11.8 Å². The molecular weight excluding hydrogens is 879 g/mol. The molecule has 0 bridgehead atoms. The molecular formula is C51H57N3O12S. The number of rotatable bonds is 21. The number of carbonyl (C=O) groups excluding carboxylic acids is 1. The van der Waals surface area contributed by atoms with Crippen LogP contribution in [0.2, 0.25) is 0 Å². The van der Waals surface area contributed by atoms with Gasteiger partial charge in [-0.05, 0) is 127 Å². The Morgan fingerprint density at radius 1 is 0.940 bits per heavy atom. The van der Waals surface area contributed by atoms with Crippen molar-refractivity contribution in [2.45, 2.75) is 80.7 Å². The molecule has 4 aliphatic rings. The van der Waals surface area contributed by atoms with Crippen LogP contribution in [0, 0.1) is 27.9 Å². The van der Waals surface area contributed by atoms with E-state index in [1.807, 2.05) is 66.9 Å². The van der Waals surface area contributed by atoms with Gasteiger partial charge in [0.1, 0.15) is 29.9 Å². The fourth-order valence-corrected chi connectivity index (χ4v) is 10.5. The number of ether oxygens (including phenoxy) is 6. The topological polar surface area (TPSA) is 181 Å². The van der Waals surface area contributed by atoms with Gasteiger partial charge in [0.25, 0.3) is 5.69 Å². The second-order valence-corrected chi connectivity index (χ2v) is 17.9. The maximum atomic E-state index is 14.4. The average Bonchev–Trinajstić information content (AvgIpc) is 3.82. The number of fused-ring (bicyclic) bond motifs is 3. The molecule has 354 valence electrons. The van der Waals surface area contributed by atoms with E-state index in [0.29, 0.717) is 52.9 Å². The van der Waals surface area contributed by atoms with E-state index in [2.05, 4.69) is 12.7 Å². The molecule has 0 aromatic heterocycles. The smallest absolute Gasteiger partial charge is 0.410 e. The van der Waals surface area contributed by atoms with Crippen molar-refractivity contribution < 1.29 is 53.2 Å². The van der Waals surface area contributed by atoms with Crippen LogP contribution in [0.5, 0.6) is 28.7 Å². The second kappa shape index (κ2) is 21.7. The molecule has 6 atom stereocenters. The maximum Gasteiger partial charge on any atom is 0.410 e. The number of oxime groups is 1. The zero-order valence-electron chi connectivity index (χ0n) is 37.8. The van der Waals surface area contributed by atoms with Crippen LogP contribution in [-0.2, 0) is 27.5 Å². The van der Waals surface area contributed by atoms with E-state index in [4.69, 9.17) is 38.4 Å². The molecule has 2 N–H and O–H groups in total. The SMILES string of the molecule is C=CCO[C@@]12Oc3ccc(Oc4ccc(SC)cc4)cc3[C@H]3[C@H](CCCCO)[C@@H](CCCCO)C=C(C(=NOCc4ccc([N+](=O)[O-])cc4)C[C@@H]1N(Cc1ccc4c(c1)OCO4)C(=O)OC)[C@H]32. The Labute approximate surface area is 394 Å². The Kier molecular flexibility index (Phi) is 15.4. The van der Waals surface area contributed by atoms with Gasteiger partial charge in [-0.1, -0.05) is 36.2 Å². The summed E-state index contributed by atoms with van der Waals surface area (Å²) in [6.07, 6.45) is 9.73. The summed E-state index contributed by atoms with van der Waals surface area (Å²) in [6.45, 7) is 4.40. The largest absolute Gasteiger partial charge is 0.459 e. The summed E-state index contributed by atoms with van der Waals surface area (Å²) in [5.41, 5.74) is 3.71. The molecule has 0 radical (unpaired) electrons. The van der Waals surface area contributed by atoms with Crippen LogP contribution < -0.4 is 18.9 Å². The number of nitro benzene ring substituents is 1. The number of benzene rings is 4. The normalized spacial score (nSPS) is 22.7. The van der Waals surface area contributed by atoms with Crippen molar-refractivity contribution in [1.82, 2.24) is 4.90 Å². The summed E-state index contributed by atoms with van der Waals surface area (Å²) >= 11 is 1.65. The number of nitro groups is 1. The van der Waals surface area contributed by atoms with Crippen molar-refractivity contribution in [3.8, 4) is 28.7 Å². The number of carbonyl (C=O) groups is 1. The molecule has 2 aliphatic carbocycles. The Balaban J connectivity index is 1.31.